The molecule has 0 spiro atoms. The summed E-state index contributed by atoms with van der Waals surface area (Å²) in [7, 11) is 0. The van der Waals surface area contributed by atoms with Gasteiger partial charge in [0.15, 0.2) is 0 Å². The zero-order chi connectivity index (χ0) is 10.0. The highest BCUT2D eigenvalue weighted by molar-refractivity contribution is 9.11. The first-order chi connectivity index (χ1) is 6.00. The summed E-state index contributed by atoms with van der Waals surface area (Å²) < 4.78 is 1.25. The average Bonchev–Trinajstić information content (AvgIpc) is 2.28. The first kappa shape index (κ1) is 11.7. The minimum atomic E-state index is 0.501. The Bertz CT molecular complexity index is 278. The summed E-state index contributed by atoms with van der Waals surface area (Å²) in [6, 6.07) is 2.19. The quantitative estimate of drug-likeness (QED) is 0.661. The Kier molecular flexibility index (Phi) is 4.46. The molecule has 0 bridgehead atoms. The molecule has 1 aromatic rings. The van der Waals surface area contributed by atoms with Gasteiger partial charge < -0.3 is 0 Å². The van der Waals surface area contributed by atoms with Crippen molar-refractivity contribution in [2.75, 3.05) is 0 Å². The molecule has 0 saturated carbocycles. The number of hydrogen-bond donors (Lipinski definition) is 0. The van der Waals surface area contributed by atoms with Crippen molar-refractivity contribution in [2.45, 2.75) is 32.0 Å². The zero-order valence-corrected chi connectivity index (χ0v) is 12.1. The van der Waals surface area contributed by atoms with E-state index in [2.05, 4.69) is 58.7 Å². The molecule has 0 aliphatic heterocycles. The van der Waals surface area contributed by atoms with Crippen LogP contribution in [0, 0.1) is 12.8 Å². The Morgan fingerprint density at radius 3 is 2.46 bits per heavy atom. The Morgan fingerprint density at radius 2 is 2.08 bits per heavy atom. The minimum absolute atomic E-state index is 0.501. The number of rotatable bonds is 3. The van der Waals surface area contributed by atoms with Crippen LogP contribution in [0.25, 0.3) is 0 Å². The van der Waals surface area contributed by atoms with Crippen molar-refractivity contribution in [1.82, 2.24) is 0 Å². The second-order valence-corrected chi connectivity index (χ2v) is 6.91. The number of alkyl halides is 1. The predicted molar refractivity (Wildman–Crippen MR) is 67.9 cm³/mol. The summed E-state index contributed by atoms with van der Waals surface area (Å²) in [5.41, 5.74) is 0. The molecule has 1 heterocycles. The molecule has 0 aliphatic carbocycles. The molecule has 1 atom stereocenters. The summed E-state index contributed by atoms with van der Waals surface area (Å²) in [4.78, 5) is 3.29. The van der Waals surface area contributed by atoms with Crippen LogP contribution < -0.4 is 0 Å². The topological polar surface area (TPSA) is 0 Å². The van der Waals surface area contributed by atoms with Gasteiger partial charge in [-0.05, 0) is 41.3 Å². The molecule has 74 valence electrons. The van der Waals surface area contributed by atoms with Gasteiger partial charge in [0.1, 0.15) is 0 Å². The highest BCUT2D eigenvalue weighted by atomic mass is 79.9. The molecule has 0 aromatic carbocycles. The van der Waals surface area contributed by atoms with Gasteiger partial charge in [0.25, 0.3) is 0 Å². The maximum Gasteiger partial charge on any atom is 0.0503 e. The maximum atomic E-state index is 3.73. The van der Waals surface area contributed by atoms with E-state index in [1.807, 2.05) is 11.3 Å². The first-order valence-electron chi connectivity index (χ1n) is 4.40. The van der Waals surface area contributed by atoms with E-state index >= 15 is 0 Å². The van der Waals surface area contributed by atoms with Gasteiger partial charge in [-0.2, -0.15) is 0 Å². The molecule has 0 amide bonds. The standard InChI is InChI=1S/C10H14Br2S/c1-6(2)4-8(11)10-9(12)5-7(3)13-10/h5-6,8H,4H2,1-3H3. The van der Waals surface area contributed by atoms with E-state index in [-0.39, 0.29) is 0 Å². The van der Waals surface area contributed by atoms with Crippen molar-refractivity contribution in [2.24, 2.45) is 5.92 Å². The van der Waals surface area contributed by atoms with Crippen LogP contribution in [0.4, 0.5) is 0 Å². The highest BCUT2D eigenvalue weighted by Gasteiger charge is 2.15. The lowest BCUT2D eigenvalue weighted by Crippen LogP contribution is -1.93. The van der Waals surface area contributed by atoms with Crippen LogP contribution in [-0.4, -0.2) is 0 Å². The second-order valence-electron chi connectivity index (χ2n) is 3.67. The Balaban J connectivity index is 2.76. The van der Waals surface area contributed by atoms with Crippen LogP contribution in [0.3, 0.4) is 0 Å². The van der Waals surface area contributed by atoms with Crippen molar-refractivity contribution >= 4 is 43.2 Å². The van der Waals surface area contributed by atoms with Crippen LogP contribution >= 0.6 is 43.2 Å². The van der Waals surface area contributed by atoms with Crippen LogP contribution in [0.15, 0.2) is 10.5 Å². The van der Waals surface area contributed by atoms with Crippen molar-refractivity contribution in [3.05, 3.63) is 20.3 Å². The fourth-order valence-electron chi connectivity index (χ4n) is 1.24. The second kappa shape index (κ2) is 4.94. The lowest BCUT2D eigenvalue weighted by atomic mass is 10.1. The Morgan fingerprint density at radius 1 is 1.46 bits per heavy atom. The van der Waals surface area contributed by atoms with Crippen LogP contribution in [0.2, 0.25) is 0 Å². The van der Waals surface area contributed by atoms with E-state index in [4.69, 9.17) is 0 Å². The SMILES string of the molecule is Cc1cc(Br)c(C(Br)CC(C)C)s1. The molecule has 0 fully saturated rings. The van der Waals surface area contributed by atoms with E-state index in [0.29, 0.717) is 4.83 Å². The average molecular weight is 326 g/mol. The minimum Gasteiger partial charge on any atom is -0.143 e. The molecule has 13 heavy (non-hydrogen) atoms. The van der Waals surface area contributed by atoms with Crippen LogP contribution in [0.5, 0.6) is 0 Å². The number of aryl methyl sites for hydroxylation is 1. The molecule has 1 rings (SSSR count). The predicted octanol–water partition coefficient (Wildman–Crippen LogP) is 5.30. The van der Waals surface area contributed by atoms with Gasteiger partial charge in [0.05, 0.1) is 4.83 Å². The van der Waals surface area contributed by atoms with Gasteiger partial charge >= 0.3 is 0 Å². The summed E-state index contributed by atoms with van der Waals surface area (Å²) in [5.74, 6) is 0.735. The number of hydrogen-bond acceptors (Lipinski definition) is 1. The largest absolute Gasteiger partial charge is 0.143 e. The van der Waals surface area contributed by atoms with Gasteiger partial charge in [-0.25, -0.2) is 0 Å². The van der Waals surface area contributed by atoms with Gasteiger partial charge in [-0.1, -0.05) is 29.8 Å². The molecular weight excluding hydrogens is 312 g/mol. The number of halogens is 2. The molecule has 1 unspecified atom stereocenters. The van der Waals surface area contributed by atoms with Crippen LogP contribution in [-0.2, 0) is 0 Å². The van der Waals surface area contributed by atoms with Gasteiger partial charge in [-0.3, -0.25) is 0 Å². The monoisotopic (exact) mass is 324 g/mol. The smallest absolute Gasteiger partial charge is 0.0503 e. The molecule has 0 saturated heterocycles. The third-order valence-corrected chi connectivity index (χ3v) is 5.02. The molecule has 0 aliphatic rings. The molecule has 0 nitrogen and oxygen atoms in total. The van der Waals surface area contributed by atoms with Crippen molar-refractivity contribution in [3.63, 3.8) is 0 Å². The molecule has 0 radical (unpaired) electrons. The molecule has 3 heteroatoms. The highest BCUT2D eigenvalue weighted by Crippen LogP contribution is 2.39. The van der Waals surface area contributed by atoms with Gasteiger partial charge in [-0.15, -0.1) is 11.3 Å². The lowest BCUT2D eigenvalue weighted by Gasteiger charge is -2.10. The van der Waals surface area contributed by atoms with E-state index in [1.54, 1.807) is 0 Å². The van der Waals surface area contributed by atoms with Crippen LogP contribution in [0.1, 0.15) is 34.8 Å². The number of thiophene rings is 1. The zero-order valence-electron chi connectivity index (χ0n) is 8.10. The molecule has 1 aromatic heterocycles. The molecular formula is C10H14Br2S. The Labute approximate surface area is 101 Å². The summed E-state index contributed by atoms with van der Waals surface area (Å²) >= 11 is 9.19. The lowest BCUT2D eigenvalue weighted by molar-refractivity contribution is 0.586. The normalized spacial score (nSPS) is 13.7. The van der Waals surface area contributed by atoms with Gasteiger partial charge in [0.2, 0.25) is 0 Å². The third-order valence-electron chi connectivity index (χ3n) is 1.80. The fraction of sp³-hybridized carbons (Fsp3) is 0.600. The van der Waals surface area contributed by atoms with E-state index < -0.39 is 0 Å². The van der Waals surface area contributed by atoms with Crippen molar-refractivity contribution < 1.29 is 0 Å². The summed E-state index contributed by atoms with van der Waals surface area (Å²) in [6.45, 7) is 6.65. The van der Waals surface area contributed by atoms with Crippen molar-refractivity contribution in [1.29, 1.82) is 0 Å². The van der Waals surface area contributed by atoms with E-state index in [9.17, 15) is 0 Å². The molecule has 0 N–H and O–H groups in total. The van der Waals surface area contributed by atoms with E-state index in [0.717, 1.165) is 5.92 Å². The summed E-state index contributed by atoms with van der Waals surface area (Å²) in [6.07, 6.45) is 1.19. The van der Waals surface area contributed by atoms with Gasteiger partial charge in [0, 0.05) is 14.2 Å². The fourth-order valence-corrected chi connectivity index (χ4v) is 4.74. The summed E-state index contributed by atoms with van der Waals surface area (Å²) in [5, 5.41) is 0. The Hall–Kier alpha value is 0.660. The third kappa shape index (κ3) is 3.37. The van der Waals surface area contributed by atoms with Crippen molar-refractivity contribution in [3.8, 4) is 0 Å². The maximum absolute atomic E-state index is 3.73. The van der Waals surface area contributed by atoms with E-state index in [1.165, 1.54) is 20.6 Å². The first-order valence-corrected chi connectivity index (χ1v) is 6.93.